The summed E-state index contributed by atoms with van der Waals surface area (Å²) < 4.78 is 1.02. The summed E-state index contributed by atoms with van der Waals surface area (Å²) in [5, 5.41) is 0. The molecule has 0 spiro atoms. The highest BCUT2D eigenvalue weighted by molar-refractivity contribution is 9.10. The van der Waals surface area contributed by atoms with E-state index in [1.165, 1.54) is 19.3 Å². The zero-order chi connectivity index (χ0) is 11.4. The van der Waals surface area contributed by atoms with Crippen LogP contribution in [0.3, 0.4) is 0 Å². The lowest BCUT2D eigenvalue weighted by molar-refractivity contribution is 0.0915. The molecule has 1 fully saturated rings. The molecule has 0 unspecified atom stereocenters. The minimum absolute atomic E-state index is 0.231. The normalized spacial score (nSPS) is 17.3. The molecular formula is C13H16BrNO. The van der Waals surface area contributed by atoms with Gasteiger partial charge < -0.3 is 0 Å². The lowest BCUT2D eigenvalue weighted by atomic mass is 10.1. The van der Waals surface area contributed by atoms with Gasteiger partial charge in [-0.1, -0.05) is 34.5 Å². The summed E-state index contributed by atoms with van der Waals surface area (Å²) in [4.78, 5) is 14.2. The van der Waals surface area contributed by atoms with Gasteiger partial charge in [-0.05, 0) is 38.1 Å². The van der Waals surface area contributed by atoms with Crippen molar-refractivity contribution in [3.8, 4) is 0 Å². The lowest BCUT2D eigenvalue weighted by Crippen LogP contribution is -2.34. The van der Waals surface area contributed by atoms with Gasteiger partial charge in [0.15, 0.2) is 5.78 Å². The molecule has 0 saturated carbocycles. The predicted octanol–water partition coefficient (Wildman–Crippen LogP) is 3.12. The SMILES string of the molecule is O=C(CN1CCCCC1)c1ccc(Br)cc1. The third kappa shape index (κ3) is 3.16. The highest BCUT2D eigenvalue weighted by Gasteiger charge is 2.14. The number of benzene rings is 1. The third-order valence-corrected chi connectivity index (χ3v) is 3.51. The maximum Gasteiger partial charge on any atom is 0.176 e. The van der Waals surface area contributed by atoms with Crippen LogP contribution in [0.1, 0.15) is 29.6 Å². The summed E-state index contributed by atoms with van der Waals surface area (Å²) >= 11 is 3.37. The molecule has 0 radical (unpaired) electrons. The first kappa shape index (κ1) is 11.8. The molecule has 1 aliphatic rings. The summed E-state index contributed by atoms with van der Waals surface area (Å²) in [6, 6.07) is 7.61. The minimum atomic E-state index is 0.231. The summed E-state index contributed by atoms with van der Waals surface area (Å²) in [6.45, 7) is 2.71. The number of piperidine rings is 1. The highest BCUT2D eigenvalue weighted by Crippen LogP contribution is 2.13. The number of nitrogens with zero attached hydrogens (tertiary/aromatic N) is 1. The Hall–Kier alpha value is -0.670. The Labute approximate surface area is 105 Å². The van der Waals surface area contributed by atoms with E-state index in [0.717, 1.165) is 23.1 Å². The van der Waals surface area contributed by atoms with E-state index in [9.17, 15) is 4.79 Å². The molecular weight excluding hydrogens is 266 g/mol. The standard InChI is InChI=1S/C13H16BrNO/c14-12-6-4-11(5-7-12)13(16)10-15-8-2-1-3-9-15/h4-7H,1-3,8-10H2. The van der Waals surface area contributed by atoms with Gasteiger partial charge in [-0.2, -0.15) is 0 Å². The quantitative estimate of drug-likeness (QED) is 0.794. The summed E-state index contributed by atoms with van der Waals surface area (Å²) in [6.07, 6.45) is 3.77. The van der Waals surface area contributed by atoms with Crippen molar-refractivity contribution < 1.29 is 4.79 Å². The van der Waals surface area contributed by atoms with Crippen LogP contribution < -0.4 is 0 Å². The number of Topliss-reactive ketones (excluding diaryl/α,β-unsaturated/α-hetero) is 1. The molecule has 0 bridgehead atoms. The molecule has 1 aromatic carbocycles. The van der Waals surface area contributed by atoms with Gasteiger partial charge >= 0.3 is 0 Å². The smallest absolute Gasteiger partial charge is 0.176 e. The van der Waals surface area contributed by atoms with E-state index in [0.29, 0.717) is 6.54 Å². The van der Waals surface area contributed by atoms with Crippen LogP contribution in [-0.2, 0) is 0 Å². The molecule has 2 nitrogen and oxygen atoms in total. The molecule has 1 aliphatic heterocycles. The van der Waals surface area contributed by atoms with E-state index in [-0.39, 0.29) is 5.78 Å². The second kappa shape index (κ2) is 5.60. The van der Waals surface area contributed by atoms with Crippen molar-refractivity contribution >= 4 is 21.7 Å². The number of halogens is 1. The molecule has 2 rings (SSSR count). The van der Waals surface area contributed by atoms with Crippen molar-refractivity contribution in [2.75, 3.05) is 19.6 Å². The second-order valence-electron chi connectivity index (χ2n) is 4.27. The Morgan fingerprint density at radius 1 is 1.12 bits per heavy atom. The minimum Gasteiger partial charge on any atom is -0.296 e. The summed E-state index contributed by atoms with van der Waals surface area (Å²) in [7, 11) is 0. The van der Waals surface area contributed by atoms with E-state index < -0.39 is 0 Å². The number of likely N-dealkylation sites (tertiary alicyclic amines) is 1. The molecule has 3 heteroatoms. The largest absolute Gasteiger partial charge is 0.296 e. The number of ketones is 1. The number of carbonyl (C=O) groups excluding carboxylic acids is 1. The van der Waals surface area contributed by atoms with Gasteiger partial charge in [0.05, 0.1) is 6.54 Å². The highest BCUT2D eigenvalue weighted by atomic mass is 79.9. The van der Waals surface area contributed by atoms with Gasteiger partial charge in [-0.15, -0.1) is 0 Å². The number of hydrogen-bond acceptors (Lipinski definition) is 2. The van der Waals surface area contributed by atoms with Crippen molar-refractivity contribution in [1.29, 1.82) is 0 Å². The van der Waals surface area contributed by atoms with Crippen LogP contribution in [0, 0.1) is 0 Å². The predicted molar refractivity (Wildman–Crippen MR) is 68.8 cm³/mol. The zero-order valence-corrected chi connectivity index (χ0v) is 10.9. The molecule has 1 aromatic rings. The number of carbonyl (C=O) groups is 1. The van der Waals surface area contributed by atoms with Gasteiger partial charge in [0.1, 0.15) is 0 Å². The number of rotatable bonds is 3. The first-order chi connectivity index (χ1) is 7.75. The zero-order valence-electron chi connectivity index (χ0n) is 9.29. The van der Waals surface area contributed by atoms with Gasteiger partial charge in [0.2, 0.25) is 0 Å². The number of hydrogen-bond donors (Lipinski definition) is 0. The second-order valence-corrected chi connectivity index (χ2v) is 5.18. The van der Waals surface area contributed by atoms with Gasteiger partial charge in [-0.3, -0.25) is 9.69 Å². The van der Waals surface area contributed by atoms with Crippen LogP contribution in [0.25, 0.3) is 0 Å². The van der Waals surface area contributed by atoms with Crippen LogP contribution in [-0.4, -0.2) is 30.3 Å². The topological polar surface area (TPSA) is 20.3 Å². The molecule has 0 amide bonds. The first-order valence-electron chi connectivity index (χ1n) is 5.77. The summed E-state index contributed by atoms with van der Waals surface area (Å²) in [5.41, 5.74) is 0.814. The summed E-state index contributed by atoms with van der Waals surface area (Å²) in [5.74, 6) is 0.231. The molecule has 1 heterocycles. The van der Waals surface area contributed by atoms with Crippen molar-refractivity contribution in [2.24, 2.45) is 0 Å². The average Bonchev–Trinajstić information content (AvgIpc) is 2.31. The van der Waals surface area contributed by atoms with Crippen molar-refractivity contribution in [3.05, 3.63) is 34.3 Å². The van der Waals surface area contributed by atoms with Crippen LogP contribution in [0.4, 0.5) is 0 Å². The first-order valence-corrected chi connectivity index (χ1v) is 6.56. The Balaban J connectivity index is 1.94. The monoisotopic (exact) mass is 281 g/mol. The fraction of sp³-hybridized carbons (Fsp3) is 0.462. The maximum absolute atomic E-state index is 12.0. The van der Waals surface area contributed by atoms with Crippen molar-refractivity contribution in [3.63, 3.8) is 0 Å². The Morgan fingerprint density at radius 3 is 2.38 bits per heavy atom. The Bertz CT molecular complexity index is 355. The molecule has 0 N–H and O–H groups in total. The fourth-order valence-corrected chi connectivity index (χ4v) is 2.31. The van der Waals surface area contributed by atoms with Crippen LogP contribution in [0.5, 0.6) is 0 Å². The molecule has 0 aromatic heterocycles. The molecule has 86 valence electrons. The third-order valence-electron chi connectivity index (χ3n) is 2.98. The van der Waals surface area contributed by atoms with Crippen LogP contribution >= 0.6 is 15.9 Å². The van der Waals surface area contributed by atoms with Crippen molar-refractivity contribution in [2.45, 2.75) is 19.3 Å². The van der Waals surface area contributed by atoms with E-state index in [4.69, 9.17) is 0 Å². The average molecular weight is 282 g/mol. The van der Waals surface area contributed by atoms with E-state index >= 15 is 0 Å². The van der Waals surface area contributed by atoms with E-state index in [2.05, 4.69) is 20.8 Å². The molecule has 16 heavy (non-hydrogen) atoms. The van der Waals surface area contributed by atoms with Crippen molar-refractivity contribution in [1.82, 2.24) is 4.90 Å². The van der Waals surface area contributed by atoms with Crippen LogP contribution in [0.2, 0.25) is 0 Å². The van der Waals surface area contributed by atoms with Gasteiger partial charge in [0.25, 0.3) is 0 Å². The maximum atomic E-state index is 12.0. The Morgan fingerprint density at radius 2 is 1.75 bits per heavy atom. The van der Waals surface area contributed by atoms with Crippen LogP contribution in [0.15, 0.2) is 28.7 Å². The molecule has 0 atom stereocenters. The molecule has 0 aliphatic carbocycles. The van der Waals surface area contributed by atoms with E-state index in [1.54, 1.807) is 0 Å². The van der Waals surface area contributed by atoms with Gasteiger partial charge in [0, 0.05) is 10.0 Å². The van der Waals surface area contributed by atoms with E-state index in [1.807, 2.05) is 24.3 Å². The fourth-order valence-electron chi connectivity index (χ4n) is 2.05. The lowest BCUT2D eigenvalue weighted by Gasteiger charge is -2.25. The molecule has 1 saturated heterocycles. The van der Waals surface area contributed by atoms with Gasteiger partial charge in [-0.25, -0.2) is 0 Å². The Kier molecular flexibility index (Phi) is 4.13.